The number of anilines is 2. The fraction of sp³-hybridized carbons (Fsp3) is 0.250. The number of halogens is 2. The molecule has 0 fully saturated rings. The molecule has 0 saturated heterocycles. The highest BCUT2D eigenvalue weighted by Crippen LogP contribution is 2.36. The van der Waals surface area contributed by atoms with Crippen LogP contribution in [0.5, 0.6) is 0 Å². The van der Waals surface area contributed by atoms with E-state index in [0.717, 1.165) is 30.6 Å². The van der Waals surface area contributed by atoms with Crippen LogP contribution in [-0.4, -0.2) is 6.54 Å². The predicted molar refractivity (Wildman–Crippen MR) is 80.8 cm³/mol. The third-order valence-corrected chi connectivity index (χ3v) is 4.19. The Labute approximate surface area is 121 Å². The number of fused-ring (bicyclic) bond motifs is 1. The average molecular weight is 320 g/mol. The zero-order chi connectivity index (χ0) is 13.2. The van der Waals surface area contributed by atoms with Crippen LogP contribution in [0.25, 0.3) is 0 Å². The first-order valence-corrected chi connectivity index (χ1v) is 7.62. The number of alkyl halides is 1. The van der Waals surface area contributed by atoms with Gasteiger partial charge in [-0.05, 0) is 36.6 Å². The Bertz CT molecular complexity index is 597. The average Bonchev–Trinajstić information content (AvgIpc) is 2.46. The summed E-state index contributed by atoms with van der Waals surface area (Å²) in [5.41, 5.74) is 4.27. The van der Waals surface area contributed by atoms with Gasteiger partial charge in [0.25, 0.3) is 0 Å². The molecule has 0 saturated carbocycles. The van der Waals surface area contributed by atoms with Crippen LogP contribution in [-0.2, 0) is 11.8 Å². The van der Waals surface area contributed by atoms with Crippen molar-refractivity contribution in [3.8, 4) is 0 Å². The minimum atomic E-state index is -0.141. The van der Waals surface area contributed by atoms with Gasteiger partial charge in [-0.25, -0.2) is 4.39 Å². The largest absolute Gasteiger partial charge is 0.341 e. The van der Waals surface area contributed by atoms with Crippen LogP contribution in [0.4, 0.5) is 15.8 Å². The lowest BCUT2D eigenvalue weighted by Crippen LogP contribution is -2.25. The highest BCUT2D eigenvalue weighted by Gasteiger charge is 2.20. The zero-order valence-corrected chi connectivity index (χ0v) is 12.2. The molecule has 1 nitrogen and oxygen atoms in total. The summed E-state index contributed by atoms with van der Waals surface area (Å²) < 4.78 is 13.9. The van der Waals surface area contributed by atoms with Crippen LogP contribution < -0.4 is 4.90 Å². The first kappa shape index (κ1) is 12.7. The number of para-hydroxylation sites is 1. The molecule has 2 aromatic carbocycles. The van der Waals surface area contributed by atoms with Gasteiger partial charge >= 0.3 is 0 Å². The number of rotatable bonds is 2. The summed E-state index contributed by atoms with van der Waals surface area (Å²) in [5, 5.41) is 0.535. The molecule has 1 aliphatic rings. The van der Waals surface area contributed by atoms with Crippen molar-refractivity contribution >= 4 is 27.3 Å². The summed E-state index contributed by atoms with van der Waals surface area (Å²) in [5.74, 6) is -0.141. The summed E-state index contributed by atoms with van der Waals surface area (Å²) in [7, 11) is 0. The van der Waals surface area contributed by atoms with Gasteiger partial charge in [0.15, 0.2) is 0 Å². The third kappa shape index (κ3) is 2.27. The Hall–Kier alpha value is -1.35. The van der Waals surface area contributed by atoms with E-state index in [2.05, 4.69) is 39.0 Å². The molecule has 19 heavy (non-hydrogen) atoms. The van der Waals surface area contributed by atoms with Crippen molar-refractivity contribution in [2.45, 2.75) is 18.2 Å². The highest BCUT2D eigenvalue weighted by atomic mass is 79.9. The molecule has 0 amide bonds. The third-order valence-electron chi connectivity index (χ3n) is 3.63. The van der Waals surface area contributed by atoms with Gasteiger partial charge in [-0.3, -0.25) is 0 Å². The van der Waals surface area contributed by atoms with Gasteiger partial charge in [0, 0.05) is 28.8 Å². The van der Waals surface area contributed by atoms with Crippen molar-refractivity contribution in [1.82, 2.24) is 0 Å². The van der Waals surface area contributed by atoms with Gasteiger partial charge < -0.3 is 4.90 Å². The summed E-state index contributed by atoms with van der Waals surface area (Å²) in [4.78, 5) is 2.23. The molecular formula is C16H15BrFN. The minimum absolute atomic E-state index is 0.141. The van der Waals surface area contributed by atoms with Crippen molar-refractivity contribution in [3.63, 3.8) is 0 Å². The van der Waals surface area contributed by atoms with E-state index in [1.54, 1.807) is 6.07 Å². The van der Waals surface area contributed by atoms with E-state index in [-0.39, 0.29) is 5.82 Å². The zero-order valence-electron chi connectivity index (χ0n) is 10.6. The van der Waals surface area contributed by atoms with Gasteiger partial charge in [-0.2, -0.15) is 0 Å². The SMILES string of the molecule is Fc1cccc(N2CCCc3ccccc32)c1CBr. The Morgan fingerprint density at radius 2 is 1.84 bits per heavy atom. The van der Waals surface area contributed by atoms with E-state index in [9.17, 15) is 4.39 Å². The van der Waals surface area contributed by atoms with Crippen molar-refractivity contribution in [1.29, 1.82) is 0 Å². The molecular weight excluding hydrogens is 305 g/mol. The Balaban J connectivity index is 2.12. The number of nitrogens with zero attached hydrogens (tertiary/aromatic N) is 1. The molecule has 0 atom stereocenters. The molecule has 0 radical (unpaired) electrons. The Kier molecular flexibility index (Phi) is 3.56. The van der Waals surface area contributed by atoms with Crippen molar-refractivity contribution < 1.29 is 4.39 Å². The van der Waals surface area contributed by atoms with Crippen LogP contribution in [0.2, 0.25) is 0 Å². The molecule has 3 heteroatoms. The fourth-order valence-electron chi connectivity index (χ4n) is 2.72. The number of benzene rings is 2. The van der Waals surface area contributed by atoms with E-state index in [1.165, 1.54) is 17.3 Å². The van der Waals surface area contributed by atoms with E-state index in [4.69, 9.17) is 0 Å². The van der Waals surface area contributed by atoms with E-state index in [1.807, 2.05) is 12.1 Å². The highest BCUT2D eigenvalue weighted by molar-refractivity contribution is 9.08. The number of hydrogen-bond donors (Lipinski definition) is 0. The summed E-state index contributed by atoms with van der Waals surface area (Å²) in [6, 6.07) is 13.7. The minimum Gasteiger partial charge on any atom is -0.341 e. The molecule has 0 spiro atoms. The second kappa shape index (κ2) is 5.33. The van der Waals surface area contributed by atoms with Crippen LogP contribution >= 0.6 is 15.9 Å². The fourth-order valence-corrected chi connectivity index (χ4v) is 3.27. The maximum Gasteiger partial charge on any atom is 0.129 e. The normalized spacial score (nSPS) is 14.3. The summed E-state index contributed by atoms with van der Waals surface area (Å²) >= 11 is 3.40. The maximum absolute atomic E-state index is 13.9. The molecule has 3 rings (SSSR count). The summed E-state index contributed by atoms with van der Waals surface area (Å²) in [6.07, 6.45) is 2.21. The molecule has 0 N–H and O–H groups in total. The molecule has 0 aromatic heterocycles. The standard InChI is InChI=1S/C16H15BrFN/c17-11-13-14(18)7-3-9-16(13)19-10-4-6-12-5-1-2-8-15(12)19/h1-3,5,7-9H,4,6,10-11H2. The Morgan fingerprint density at radius 1 is 1.05 bits per heavy atom. The van der Waals surface area contributed by atoms with Crippen LogP contribution in [0, 0.1) is 5.82 Å². The second-order valence-corrected chi connectivity index (χ2v) is 5.32. The molecule has 2 aromatic rings. The second-order valence-electron chi connectivity index (χ2n) is 4.76. The van der Waals surface area contributed by atoms with E-state index in [0.29, 0.717) is 5.33 Å². The van der Waals surface area contributed by atoms with E-state index >= 15 is 0 Å². The molecule has 0 bridgehead atoms. The van der Waals surface area contributed by atoms with Gasteiger partial charge in [0.1, 0.15) is 5.82 Å². The lowest BCUT2D eigenvalue weighted by Gasteiger charge is -2.32. The molecule has 98 valence electrons. The van der Waals surface area contributed by atoms with Crippen molar-refractivity contribution in [3.05, 3.63) is 59.4 Å². The number of aryl methyl sites for hydroxylation is 1. The molecule has 0 unspecified atom stereocenters. The topological polar surface area (TPSA) is 3.24 Å². The van der Waals surface area contributed by atoms with E-state index < -0.39 is 0 Å². The molecule has 1 heterocycles. The molecule has 0 aliphatic carbocycles. The van der Waals surface area contributed by atoms with Crippen molar-refractivity contribution in [2.24, 2.45) is 0 Å². The smallest absolute Gasteiger partial charge is 0.129 e. The van der Waals surface area contributed by atoms with Crippen LogP contribution in [0.3, 0.4) is 0 Å². The molecule has 1 aliphatic heterocycles. The first-order valence-electron chi connectivity index (χ1n) is 6.50. The van der Waals surface area contributed by atoms with Gasteiger partial charge in [0.05, 0.1) is 0 Å². The quantitative estimate of drug-likeness (QED) is 0.718. The van der Waals surface area contributed by atoms with Gasteiger partial charge in [-0.15, -0.1) is 0 Å². The van der Waals surface area contributed by atoms with Crippen molar-refractivity contribution in [2.75, 3.05) is 11.4 Å². The van der Waals surface area contributed by atoms with Gasteiger partial charge in [0.2, 0.25) is 0 Å². The number of hydrogen-bond acceptors (Lipinski definition) is 1. The summed E-state index contributed by atoms with van der Waals surface area (Å²) in [6.45, 7) is 0.945. The monoisotopic (exact) mass is 319 g/mol. The first-order chi connectivity index (χ1) is 9.31. The lowest BCUT2D eigenvalue weighted by atomic mass is 10.00. The Morgan fingerprint density at radius 3 is 2.68 bits per heavy atom. The predicted octanol–water partition coefficient (Wildman–Crippen LogP) is 4.80. The van der Waals surface area contributed by atoms with Crippen LogP contribution in [0.1, 0.15) is 17.5 Å². The van der Waals surface area contributed by atoms with Gasteiger partial charge in [-0.1, -0.05) is 40.2 Å². The van der Waals surface area contributed by atoms with Crippen LogP contribution in [0.15, 0.2) is 42.5 Å². The lowest BCUT2D eigenvalue weighted by molar-refractivity contribution is 0.616. The maximum atomic E-state index is 13.9.